The van der Waals surface area contributed by atoms with Crippen molar-refractivity contribution >= 4 is 11.7 Å². The van der Waals surface area contributed by atoms with Gasteiger partial charge in [-0.15, -0.1) is 0 Å². The summed E-state index contributed by atoms with van der Waals surface area (Å²) in [4.78, 5) is 14.3. The van der Waals surface area contributed by atoms with Crippen LogP contribution < -0.4 is 20.1 Å². The fourth-order valence-corrected chi connectivity index (χ4v) is 2.72. The monoisotopic (exact) mass is 331 g/mol. The number of rotatable bonds is 4. The van der Waals surface area contributed by atoms with E-state index in [9.17, 15) is 4.79 Å². The van der Waals surface area contributed by atoms with E-state index in [2.05, 4.69) is 28.7 Å². The quantitative estimate of drug-likeness (QED) is 0.833. The van der Waals surface area contributed by atoms with Crippen LogP contribution in [0.15, 0.2) is 29.8 Å². The van der Waals surface area contributed by atoms with E-state index in [1.54, 1.807) is 6.07 Å². The topological polar surface area (TPSA) is 62.8 Å². The van der Waals surface area contributed by atoms with Gasteiger partial charge in [0, 0.05) is 44.7 Å². The van der Waals surface area contributed by atoms with Gasteiger partial charge in [-0.05, 0) is 25.6 Å². The summed E-state index contributed by atoms with van der Waals surface area (Å²) in [5.41, 5.74) is 1.96. The second-order valence-corrected chi connectivity index (χ2v) is 6.54. The molecule has 0 aromatic heterocycles. The predicted molar refractivity (Wildman–Crippen MR) is 93.6 cm³/mol. The van der Waals surface area contributed by atoms with Crippen LogP contribution in [0.1, 0.15) is 26.7 Å². The van der Waals surface area contributed by atoms with Gasteiger partial charge in [0.2, 0.25) is 5.79 Å². The maximum Gasteiger partial charge on any atom is 0.319 e. The third kappa shape index (κ3) is 3.82. The Labute approximate surface area is 142 Å². The van der Waals surface area contributed by atoms with E-state index in [1.165, 1.54) is 5.57 Å². The summed E-state index contributed by atoms with van der Waals surface area (Å²) in [5.74, 6) is 0.751. The Hall–Kier alpha value is -2.21. The number of urea groups is 1. The van der Waals surface area contributed by atoms with Crippen molar-refractivity contribution < 1.29 is 14.3 Å². The normalized spacial score (nSPS) is 22.9. The molecule has 0 saturated carbocycles. The van der Waals surface area contributed by atoms with Crippen LogP contribution in [0, 0.1) is 0 Å². The van der Waals surface area contributed by atoms with Crippen molar-refractivity contribution in [3.63, 3.8) is 0 Å². The first-order valence-corrected chi connectivity index (χ1v) is 8.41. The van der Waals surface area contributed by atoms with E-state index < -0.39 is 5.79 Å². The molecule has 3 rings (SSSR count). The summed E-state index contributed by atoms with van der Waals surface area (Å²) < 4.78 is 11.6. The molecule has 2 heterocycles. The number of anilines is 1. The molecule has 0 radical (unpaired) electrons. The summed E-state index contributed by atoms with van der Waals surface area (Å²) in [6.07, 6.45) is 3.92. The first-order valence-electron chi connectivity index (χ1n) is 8.41. The molecule has 1 unspecified atom stereocenters. The highest BCUT2D eigenvalue weighted by atomic mass is 16.7. The second-order valence-electron chi connectivity index (χ2n) is 6.54. The van der Waals surface area contributed by atoms with Crippen LogP contribution in [0.4, 0.5) is 10.5 Å². The van der Waals surface area contributed by atoms with Crippen LogP contribution in [0.25, 0.3) is 0 Å². The third-order valence-electron chi connectivity index (χ3n) is 4.48. The molecule has 0 bridgehead atoms. The van der Waals surface area contributed by atoms with Crippen molar-refractivity contribution in [2.75, 3.05) is 32.0 Å². The van der Waals surface area contributed by atoms with Crippen molar-refractivity contribution in [1.82, 2.24) is 10.2 Å². The molecule has 0 spiro atoms. The Morgan fingerprint density at radius 3 is 2.83 bits per heavy atom. The van der Waals surface area contributed by atoms with Crippen LogP contribution in [0.2, 0.25) is 0 Å². The first-order chi connectivity index (χ1) is 11.5. The highest BCUT2D eigenvalue weighted by molar-refractivity contribution is 5.89. The molecule has 130 valence electrons. The van der Waals surface area contributed by atoms with Gasteiger partial charge in [0.1, 0.15) is 0 Å². The lowest BCUT2D eigenvalue weighted by Gasteiger charge is -2.22. The van der Waals surface area contributed by atoms with E-state index in [1.807, 2.05) is 26.0 Å². The number of likely N-dealkylation sites (N-methyl/N-ethyl adjacent to an activating group) is 1. The minimum Gasteiger partial charge on any atom is -0.449 e. The summed E-state index contributed by atoms with van der Waals surface area (Å²) in [6.45, 7) is 6.47. The zero-order chi connectivity index (χ0) is 17.2. The van der Waals surface area contributed by atoms with Gasteiger partial charge in [-0.25, -0.2) is 4.79 Å². The molecule has 6 nitrogen and oxygen atoms in total. The van der Waals surface area contributed by atoms with Gasteiger partial charge >= 0.3 is 6.03 Å². The highest BCUT2D eigenvalue weighted by Gasteiger charge is 2.34. The van der Waals surface area contributed by atoms with Gasteiger partial charge in [0.05, 0.1) is 0 Å². The Balaban J connectivity index is 1.54. The molecule has 24 heavy (non-hydrogen) atoms. The van der Waals surface area contributed by atoms with Gasteiger partial charge < -0.3 is 25.0 Å². The Morgan fingerprint density at radius 1 is 1.33 bits per heavy atom. The molecule has 1 aromatic rings. The largest absolute Gasteiger partial charge is 0.449 e. The molecule has 2 amide bonds. The van der Waals surface area contributed by atoms with Gasteiger partial charge in [0.15, 0.2) is 11.5 Å². The number of ether oxygens (including phenoxy) is 2. The van der Waals surface area contributed by atoms with Gasteiger partial charge in [0.25, 0.3) is 0 Å². The van der Waals surface area contributed by atoms with Gasteiger partial charge in [-0.1, -0.05) is 18.6 Å². The smallest absolute Gasteiger partial charge is 0.319 e. The number of fused-ring (bicyclic) bond motifs is 1. The van der Waals surface area contributed by atoms with E-state index in [0.29, 0.717) is 23.7 Å². The van der Waals surface area contributed by atoms with Crippen LogP contribution in [0.3, 0.4) is 0 Å². The van der Waals surface area contributed by atoms with E-state index in [4.69, 9.17) is 9.47 Å². The van der Waals surface area contributed by atoms with E-state index in [-0.39, 0.29) is 6.03 Å². The highest BCUT2D eigenvalue weighted by Crippen LogP contribution is 2.41. The average Bonchev–Trinajstić information content (AvgIpc) is 2.91. The number of carbonyl (C=O) groups excluding carboxylic acids is 1. The minimum absolute atomic E-state index is 0.216. The lowest BCUT2D eigenvalue weighted by atomic mass is 10.1. The van der Waals surface area contributed by atoms with Crippen molar-refractivity contribution in [1.29, 1.82) is 0 Å². The Kier molecular flexibility index (Phi) is 4.66. The summed E-state index contributed by atoms with van der Waals surface area (Å²) in [6, 6.07) is 5.22. The maximum absolute atomic E-state index is 12.1. The third-order valence-corrected chi connectivity index (χ3v) is 4.48. The van der Waals surface area contributed by atoms with Crippen molar-refractivity contribution in [2.24, 2.45) is 0 Å². The predicted octanol–water partition coefficient (Wildman–Crippen LogP) is 2.97. The lowest BCUT2D eigenvalue weighted by molar-refractivity contribution is -0.0640. The number of amides is 2. The first kappa shape index (κ1) is 16.6. The Bertz CT molecular complexity index is 659. The maximum atomic E-state index is 12.1. The van der Waals surface area contributed by atoms with Crippen molar-refractivity contribution in [2.45, 2.75) is 32.5 Å². The fourth-order valence-electron chi connectivity index (χ4n) is 2.72. The number of nitrogens with zero attached hydrogens (tertiary/aromatic N) is 1. The SMILES string of the molecule is CCC1(C)Oc2ccc(NC(=O)NCC3=CCN(C)CC3)cc2O1. The van der Waals surface area contributed by atoms with Crippen LogP contribution in [-0.4, -0.2) is 43.4 Å². The molecule has 1 atom stereocenters. The van der Waals surface area contributed by atoms with Crippen LogP contribution in [-0.2, 0) is 0 Å². The molecule has 6 heteroatoms. The zero-order valence-electron chi connectivity index (χ0n) is 14.5. The Morgan fingerprint density at radius 2 is 2.12 bits per heavy atom. The summed E-state index contributed by atoms with van der Waals surface area (Å²) >= 11 is 0. The number of hydrogen-bond acceptors (Lipinski definition) is 4. The van der Waals surface area contributed by atoms with Gasteiger partial charge in [-0.3, -0.25) is 0 Å². The van der Waals surface area contributed by atoms with Crippen LogP contribution >= 0.6 is 0 Å². The molecular formula is C18H25N3O3. The molecule has 2 aliphatic heterocycles. The lowest BCUT2D eigenvalue weighted by Crippen LogP contribution is -2.33. The van der Waals surface area contributed by atoms with E-state index in [0.717, 1.165) is 25.9 Å². The number of nitrogens with one attached hydrogen (secondary N) is 2. The second kappa shape index (κ2) is 6.73. The molecule has 2 aliphatic rings. The number of hydrogen-bond donors (Lipinski definition) is 2. The molecule has 1 aromatic carbocycles. The molecular weight excluding hydrogens is 306 g/mol. The van der Waals surface area contributed by atoms with Gasteiger partial charge in [-0.2, -0.15) is 0 Å². The molecule has 0 aliphatic carbocycles. The molecule has 0 saturated heterocycles. The standard InChI is InChI=1S/C18H25N3O3/c1-4-18(2)23-15-6-5-14(11-16(15)24-18)20-17(22)19-12-13-7-9-21(3)10-8-13/h5-7,11H,4,8-10,12H2,1-3H3,(H2,19,20,22). The zero-order valence-corrected chi connectivity index (χ0v) is 14.5. The average molecular weight is 331 g/mol. The van der Waals surface area contributed by atoms with Crippen LogP contribution in [0.5, 0.6) is 11.5 Å². The molecule has 2 N–H and O–H groups in total. The summed E-state index contributed by atoms with van der Waals surface area (Å²) in [5, 5.41) is 5.74. The van der Waals surface area contributed by atoms with Crippen molar-refractivity contribution in [3.05, 3.63) is 29.8 Å². The number of benzene rings is 1. The minimum atomic E-state index is -0.621. The van der Waals surface area contributed by atoms with E-state index >= 15 is 0 Å². The summed E-state index contributed by atoms with van der Waals surface area (Å²) in [7, 11) is 2.09. The molecule has 0 fully saturated rings. The fraction of sp³-hybridized carbons (Fsp3) is 0.500. The number of carbonyl (C=O) groups is 1. The van der Waals surface area contributed by atoms with Crippen molar-refractivity contribution in [3.8, 4) is 11.5 Å².